The molecule has 174 valence electrons. The Labute approximate surface area is 196 Å². The van der Waals surface area contributed by atoms with Crippen molar-refractivity contribution in [1.29, 1.82) is 0 Å². The number of amides is 1. The van der Waals surface area contributed by atoms with Crippen molar-refractivity contribution in [3.8, 4) is 11.5 Å². The summed E-state index contributed by atoms with van der Waals surface area (Å²) in [6.45, 7) is 2.50. The first kappa shape index (κ1) is 23.0. The van der Waals surface area contributed by atoms with Crippen LogP contribution < -0.4 is 14.4 Å². The van der Waals surface area contributed by atoms with Crippen LogP contribution in [-0.2, 0) is 9.59 Å². The number of rotatable bonds is 7. The van der Waals surface area contributed by atoms with Crippen LogP contribution in [0.1, 0.15) is 30.5 Å². The highest BCUT2D eigenvalue weighted by molar-refractivity contribution is 6.51. The number of nitrogens with zero attached hydrogens (tertiary/aromatic N) is 1. The van der Waals surface area contributed by atoms with E-state index in [1.807, 2.05) is 6.92 Å². The number of anilines is 1. The molecule has 0 spiro atoms. The third-order valence-corrected chi connectivity index (χ3v) is 5.56. The van der Waals surface area contributed by atoms with Crippen molar-refractivity contribution >= 4 is 23.1 Å². The van der Waals surface area contributed by atoms with E-state index in [9.17, 15) is 19.1 Å². The molecule has 3 aromatic carbocycles. The molecule has 6 nitrogen and oxygen atoms in total. The number of halogens is 1. The van der Waals surface area contributed by atoms with Crippen molar-refractivity contribution in [1.82, 2.24) is 0 Å². The van der Waals surface area contributed by atoms with Gasteiger partial charge in [0.05, 0.1) is 25.3 Å². The normalized spacial score (nSPS) is 17.1. The molecule has 1 atom stereocenters. The first-order valence-electron chi connectivity index (χ1n) is 10.9. The Balaban J connectivity index is 1.89. The largest absolute Gasteiger partial charge is 0.507 e. The Morgan fingerprint density at radius 1 is 1.00 bits per heavy atom. The number of Topliss-reactive ketones (excluding diaryl/α,β-unsaturated/α-hetero) is 1. The van der Waals surface area contributed by atoms with Gasteiger partial charge in [0.15, 0.2) is 0 Å². The lowest BCUT2D eigenvalue weighted by molar-refractivity contribution is -0.132. The summed E-state index contributed by atoms with van der Waals surface area (Å²) in [5, 5.41) is 11.1. The molecular weight excluding hydrogens is 437 g/mol. The number of carbonyl (C=O) groups is 2. The predicted octanol–water partition coefficient (Wildman–Crippen LogP) is 5.25. The van der Waals surface area contributed by atoms with Crippen LogP contribution in [0.2, 0.25) is 0 Å². The van der Waals surface area contributed by atoms with Gasteiger partial charge in [-0.1, -0.05) is 19.1 Å². The summed E-state index contributed by atoms with van der Waals surface area (Å²) >= 11 is 0. The minimum absolute atomic E-state index is 0.0833. The number of aliphatic hydroxyl groups excluding tert-OH is 1. The molecule has 0 radical (unpaired) electrons. The molecule has 1 heterocycles. The summed E-state index contributed by atoms with van der Waals surface area (Å²) in [4.78, 5) is 27.7. The van der Waals surface area contributed by atoms with E-state index in [2.05, 4.69) is 0 Å². The van der Waals surface area contributed by atoms with Gasteiger partial charge in [0.1, 0.15) is 23.1 Å². The molecule has 1 aliphatic rings. The lowest BCUT2D eigenvalue weighted by Gasteiger charge is -2.26. The zero-order chi connectivity index (χ0) is 24.2. The Bertz CT molecular complexity index is 1230. The van der Waals surface area contributed by atoms with E-state index in [1.165, 1.54) is 36.3 Å². The third-order valence-electron chi connectivity index (χ3n) is 5.56. The van der Waals surface area contributed by atoms with E-state index < -0.39 is 23.5 Å². The van der Waals surface area contributed by atoms with Crippen LogP contribution in [0, 0.1) is 5.82 Å². The van der Waals surface area contributed by atoms with Gasteiger partial charge in [-0.25, -0.2) is 4.39 Å². The topological polar surface area (TPSA) is 76.1 Å². The number of ketones is 1. The molecule has 1 aliphatic heterocycles. The molecule has 1 fully saturated rings. The lowest BCUT2D eigenvalue weighted by atomic mass is 9.95. The number of methoxy groups -OCH3 is 1. The number of hydrogen-bond acceptors (Lipinski definition) is 5. The number of benzene rings is 3. The van der Waals surface area contributed by atoms with Crippen LogP contribution in [0.25, 0.3) is 5.76 Å². The monoisotopic (exact) mass is 461 g/mol. The van der Waals surface area contributed by atoms with Gasteiger partial charge in [0, 0.05) is 11.3 Å². The first-order chi connectivity index (χ1) is 16.4. The summed E-state index contributed by atoms with van der Waals surface area (Å²) in [5.41, 5.74) is 1.20. The highest BCUT2D eigenvalue weighted by Crippen LogP contribution is 2.43. The van der Waals surface area contributed by atoms with Crippen LogP contribution >= 0.6 is 0 Å². The van der Waals surface area contributed by atoms with Gasteiger partial charge in [-0.15, -0.1) is 0 Å². The van der Waals surface area contributed by atoms with E-state index in [4.69, 9.17) is 9.47 Å². The zero-order valence-electron chi connectivity index (χ0n) is 18.8. The molecule has 7 heteroatoms. The molecular formula is C27H24FNO5. The molecule has 1 saturated heterocycles. The second kappa shape index (κ2) is 9.79. The van der Waals surface area contributed by atoms with Crippen molar-refractivity contribution in [2.24, 2.45) is 0 Å². The molecule has 3 aromatic rings. The van der Waals surface area contributed by atoms with Crippen molar-refractivity contribution in [3.63, 3.8) is 0 Å². The van der Waals surface area contributed by atoms with Crippen molar-refractivity contribution in [3.05, 3.63) is 95.3 Å². The number of hydrogen-bond donors (Lipinski definition) is 1. The zero-order valence-corrected chi connectivity index (χ0v) is 18.8. The third kappa shape index (κ3) is 4.37. The molecule has 4 rings (SSSR count). The van der Waals surface area contributed by atoms with Crippen LogP contribution in [0.15, 0.2) is 78.4 Å². The predicted molar refractivity (Wildman–Crippen MR) is 126 cm³/mol. The van der Waals surface area contributed by atoms with Crippen molar-refractivity contribution in [2.45, 2.75) is 19.4 Å². The number of aliphatic hydroxyl groups is 1. The fraction of sp³-hybridized carbons (Fsp3) is 0.185. The summed E-state index contributed by atoms with van der Waals surface area (Å²) in [6.07, 6.45) is 0.819. The Morgan fingerprint density at radius 3 is 2.35 bits per heavy atom. The van der Waals surface area contributed by atoms with Gasteiger partial charge >= 0.3 is 0 Å². The lowest BCUT2D eigenvalue weighted by Crippen LogP contribution is -2.29. The standard InChI is InChI=1S/C27H24FNO5/c1-3-15-34-22-6-4-5-18(16-22)24-23(25(30)17-7-9-19(28)10-8-17)26(31)27(32)29(24)20-11-13-21(33-2)14-12-20/h4-14,16,24,30H,3,15H2,1-2H3/b25-23-. The first-order valence-corrected chi connectivity index (χ1v) is 10.9. The quantitative estimate of drug-likeness (QED) is 0.296. The average molecular weight is 461 g/mol. The molecule has 1 N–H and O–H groups in total. The Kier molecular flexibility index (Phi) is 6.63. The highest BCUT2D eigenvalue weighted by Gasteiger charge is 2.47. The van der Waals surface area contributed by atoms with Crippen LogP contribution in [0.4, 0.5) is 10.1 Å². The molecule has 34 heavy (non-hydrogen) atoms. The molecule has 0 bridgehead atoms. The van der Waals surface area contributed by atoms with E-state index in [0.29, 0.717) is 29.4 Å². The summed E-state index contributed by atoms with van der Waals surface area (Å²) in [6, 6.07) is 18.0. The summed E-state index contributed by atoms with van der Waals surface area (Å²) in [7, 11) is 1.53. The second-order valence-electron chi connectivity index (χ2n) is 7.79. The molecule has 1 unspecified atom stereocenters. The Hall–Kier alpha value is -4.13. The van der Waals surface area contributed by atoms with Gasteiger partial charge in [0.25, 0.3) is 11.7 Å². The minimum Gasteiger partial charge on any atom is -0.507 e. The average Bonchev–Trinajstić information content (AvgIpc) is 3.13. The van der Waals surface area contributed by atoms with E-state index in [0.717, 1.165) is 6.42 Å². The van der Waals surface area contributed by atoms with Crippen LogP contribution in [0.5, 0.6) is 11.5 Å². The van der Waals surface area contributed by atoms with Gasteiger partial charge in [-0.3, -0.25) is 14.5 Å². The Morgan fingerprint density at radius 2 is 1.71 bits per heavy atom. The van der Waals surface area contributed by atoms with E-state index >= 15 is 0 Å². The van der Waals surface area contributed by atoms with Crippen LogP contribution in [0.3, 0.4) is 0 Å². The molecule has 1 amide bonds. The highest BCUT2D eigenvalue weighted by atomic mass is 19.1. The molecule has 0 saturated carbocycles. The van der Waals surface area contributed by atoms with Gasteiger partial charge in [-0.05, 0) is 72.6 Å². The molecule has 0 aliphatic carbocycles. The maximum atomic E-state index is 13.4. The van der Waals surface area contributed by atoms with E-state index in [1.54, 1.807) is 48.5 Å². The van der Waals surface area contributed by atoms with Gasteiger partial charge in [0.2, 0.25) is 0 Å². The van der Waals surface area contributed by atoms with Gasteiger partial charge in [-0.2, -0.15) is 0 Å². The summed E-state index contributed by atoms with van der Waals surface area (Å²) < 4.78 is 24.4. The van der Waals surface area contributed by atoms with Crippen molar-refractivity contribution < 1.29 is 28.6 Å². The van der Waals surface area contributed by atoms with Crippen molar-refractivity contribution in [2.75, 3.05) is 18.6 Å². The van der Waals surface area contributed by atoms with Gasteiger partial charge < -0.3 is 14.6 Å². The maximum absolute atomic E-state index is 13.4. The smallest absolute Gasteiger partial charge is 0.300 e. The SMILES string of the molecule is CCCOc1cccc(C2/C(=C(/O)c3ccc(F)cc3)C(=O)C(=O)N2c2ccc(OC)cc2)c1. The van der Waals surface area contributed by atoms with Crippen LogP contribution in [-0.4, -0.2) is 30.5 Å². The second-order valence-corrected chi connectivity index (χ2v) is 7.79. The summed E-state index contributed by atoms with van der Waals surface area (Å²) in [5.74, 6) is -1.28. The fourth-order valence-corrected chi connectivity index (χ4v) is 3.91. The van der Waals surface area contributed by atoms with E-state index in [-0.39, 0.29) is 16.9 Å². The number of carbonyl (C=O) groups excluding carboxylic acids is 2. The minimum atomic E-state index is -0.913. The fourth-order valence-electron chi connectivity index (χ4n) is 3.91. The molecule has 0 aromatic heterocycles. The maximum Gasteiger partial charge on any atom is 0.300 e. The number of ether oxygens (including phenoxy) is 2.